The monoisotopic (exact) mass is 374 g/mol. The molecule has 8 heteroatoms. The first-order valence-electron chi connectivity index (χ1n) is 7.95. The van der Waals surface area contributed by atoms with E-state index >= 15 is 0 Å². The molecular formula is C19H13F3N2O3. The van der Waals surface area contributed by atoms with Crippen LogP contribution in [0.15, 0.2) is 51.4 Å². The van der Waals surface area contributed by atoms with Gasteiger partial charge in [-0.2, -0.15) is 18.2 Å². The predicted molar refractivity (Wildman–Crippen MR) is 91.2 cm³/mol. The molecule has 0 aliphatic rings. The number of hydrogen-bond acceptors (Lipinski definition) is 5. The second-order valence-electron chi connectivity index (χ2n) is 5.92. The minimum atomic E-state index is -4.40. The lowest BCUT2D eigenvalue weighted by atomic mass is 10.1. The van der Waals surface area contributed by atoms with Crippen molar-refractivity contribution in [2.45, 2.75) is 13.1 Å². The maximum Gasteiger partial charge on any atom is 0.416 e. The molecule has 0 radical (unpaired) electrons. The summed E-state index contributed by atoms with van der Waals surface area (Å²) in [6.45, 7) is 1.86. The van der Waals surface area contributed by atoms with Crippen LogP contribution in [0, 0.1) is 6.92 Å². The van der Waals surface area contributed by atoms with Crippen molar-refractivity contribution in [3.63, 3.8) is 0 Å². The first kappa shape index (κ1) is 17.1. The number of nitrogens with zero attached hydrogens (tertiary/aromatic N) is 2. The molecule has 0 N–H and O–H groups in total. The van der Waals surface area contributed by atoms with Crippen molar-refractivity contribution in [3.05, 3.63) is 53.6 Å². The topological polar surface area (TPSA) is 61.3 Å². The Morgan fingerprint density at radius 3 is 2.44 bits per heavy atom. The van der Waals surface area contributed by atoms with Gasteiger partial charge in [0.05, 0.1) is 12.7 Å². The van der Waals surface area contributed by atoms with Gasteiger partial charge in [0.15, 0.2) is 5.76 Å². The summed E-state index contributed by atoms with van der Waals surface area (Å²) >= 11 is 0. The average molecular weight is 374 g/mol. The molecule has 0 aliphatic heterocycles. The maximum atomic E-state index is 12.7. The fourth-order valence-corrected chi connectivity index (χ4v) is 2.78. The van der Waals surface area contributed by atoms with Crippen LogP contribution in [-0.2, 0) is 6.18 Å². The summed E-state index contributed by atoms with van der Waals surface area (Å²) in [6, 6.07) is 9.91. The summed E-state index contributed by atoms with van der Waals surface area (Å²) in [5, 5.41) is 4.75. The summed E-state index contributed by atoms with van der Waals surface area (Å²) < 4.78 is 54.2. The average Bonchev–Trinajstić information content (AvgIpc) is 3.26. The Kier molecular flexibility index (Phi) is 3.91. The zero-order chi connectivity index (χ0) is 19.2. The Labute approximate surface area is 151 Å². The molecule has 5 nitrogen and oxygen atoms in total. The van der Waals surface area contributed by atoms with E-state index in [0.717, 1.165) is 23.1 Å². The molecule has 0 spiro atoms. The molecule has 0 fully saturated rings. The number of methoxy groups -OCH3 is 1. The van der Waals surface area contributed by atoms with Gasteiger partial charge in [-0.25, -0.2) is 0 Å². The molecule has 0 amide bonds. The highest BCUT2D eigenvalue weighted by Crippen LogP contribution is 2.35. The predicted octanol–water partition coefficient (Wildman–Crippen LogP) is 5.49. The molecule has 138 valence electrons. The van der Waals surface area contributed by atoms with Crippen LogP contribution in [0.2, 0.25) is 0 Å². The lowest BCUT2D eigenvalue weighted by molar-refractivity contribution is -0.137. The van der Waals surface area contributed by atoms with Gasteiger partial charge in [-0.3, -0.25) is 0 Å². The van der Waals surface area contributed by atoms with Crippen molar-refractivity contribution >= 4 is 11.0 Å². The van der Waals surface area contributed by atoms with Crippen LogP contribution in [0.4, 0.5) is 13.2 Å². The van der Waals surface area contributed by atoms with Crippen molar-refractivity contribution in [3.8, 4) is 28.8 Å². The Hall–Kier alpha value is -3.29. The number of fused-ring (bicyclic) bond motifs is 1. The van der Waals surface area contributed by atoms with Crippen molar-refractivity contribution in [2.24, 2.45) is 0 Å². The molecule has 2 aromatic heterocycles. The van der Waals surface area contributed by atoms with E-state index in [0.29, 0.717) is 22.7 Å². The molecule has 0 atom stereocenters. The SMILES string of the molecule is COc1ccc2oc(-c3noc(-c4ccc(C(F)(F)F)cc4)n3)c(C)c2c1. The Balaban J connectivity index is 1.70. The standard InChI is InChI=1S/C19H13F3N2O3/c1-10-14-9-13(25-2)7-8-15(14)26-16(10)17-23-18(27-24-17)11-3-5-12(6-4-11)19(20,21)22/h3-9H,1-2H3. The van der Waals surface area contributed by atoms with E-state index in [9.17, 15) is 13.2 Å². The smallest absolute Gasteiger partial charge is 0.416 e. The molecule has 4 aromatic rings. The summed E-state index contributed by atoms with van der Waals surface area (Å²) in [5.74, 6) is 1.45. The van der Waals surface area contributed by atoms with E-state index in [1.807, 2.05) is 13.0 Å². The minimum Gasteiger partial charge on any atom is -0.497 e. The number of hydrogen-bond donors (Lipinski definition) is 0. The second-order valence-corrected chi connectivity index (χ2v) is 5.92. The molecule has 0 aliphatic carbocycles. The van der Waals surface area contributed by atoms with Crippen molar-refractivity contribution in [1.29, 1.82) is 0 Å². The molecule has 27 heavy (non-hydrogen) atoms. The van der Waals surface area contributed by atoms with Crippen LogP contribution in [0.5, 0.6) is 5.75 Å². The van der Waals surface area contributed by atoms with Gasteiger partial charge in [-0.1, -0.05) is 5.16 Å². The van der Waals surface area contributed by atoms with Gasteiger partial charge in [-0.05, 0) is 49.4 Å². The molecule has 0 saturated heterocycles. The minimum absolute atomic E-state index is 0.108. The highest BCUT2D eigenvalue weighted by atomic mass is 19.4. The fourth-order valence-electron chi connectivity index (χ4n) is 2.78. The third-order valence-corrected chi connectivity index (χ3v) is 4.23. The van der Waals surface area contributed by atoms with Gasteiger partial charge < -0.3 is 13.7 Å². The summed E-state index contributed by atoms with van der Waals surface area (Å²) in [4.78, 5) is 4.26. The van der Waals surface area contributed by atoms with E-state index < -0.39 is 11.7 Å². The zero-order valence-corrected chi connectivity index (χ0v) is 14.3. The lowest BCUT2D eigenvalue weighted by Crippen LogP contribution is -2.03. The molecule has 0 bridgehead atoms. The summed E-state index contributed by atoms with van der Waals surface area (Å²) in [6.07, 6.45) is -4.40. The van der Waals surface area contributed by atoms with Crippen LogP contribution < -0.4 is 4.74 Å². The van der Waals surface area contributed by atoms with Crippen LogP contribution in [0.1, 0.15) is 11.1 Å². The van der Waals surface area contributed by atoms with Gasteiger partial charge in [0.25, 0.3) is 5.89 Å². The van der Waals surface area contributed by atoms with E-state index in [1.54, 1.807) is 19.2 Å². The molecule has 0 unspecified atom stereocenters. The molecule has 0 saturated carbocycles. The van der Waals surface area contributed by atoms with E-state index in [-0.39, 0.29) is 11.7 Å². The van der Waals surface area contributed by atoms with Gasteiger partial charge in [-0.15, -0.1) is 0 Å². The molecular weight excluding hydrogens is 361 g/mol. The lowest BCUT2D eigenvalue weighted by Gasteiger charge is -2.05. The van der Waals surface area contributed by atoms with Crippen LogP contribution >= 0.6 is 0 Å². The highest BCUT2D eigenvalue weighted by molar-refractivity contribution is 5.87. The van der Waals surface area contributed by atoms with E-state index in [4.69, 9.17) is 13.7 Å². The number of alkyl halides is 3. The number of aryl methyl sites for hydroxylation is 1. The van der Waals surface area contributed by atoms with Gasteiger partial charge in [0, 0.05) is 16.5 Å². The largest absolute Gasteiger partial charge is 0.497 e. The number of rotatable bonds is 3. The van der Waals surface area contributed by atoms with Crippen molar-refractivity contribution in [1.82, 2.24) is 10.1 Å². The second kappa shape index (κ2) is 6.15. The van der Waals surface area contributed by atoms with Gasteiger partial charge in [0.1, 0.15) is 11.3 Å². The fraction of sp³-hybridized carbons (Fsp3) is 0.158. The van der Waals surface area contributed by atoms with Gasteiger partial charge >= 0.3 is 6.18 Å². The normalized spacial score (nSPS) is 11.9. The van der Waals surface area contributed by atoms with Crippen molar-refractivity contribution < 1.29 is 26.8 Å². The summed E-state index contributed by atoms with van der Waals surface area (Å²) in [5.41, 5.74) is 1.10. The van der Waals surface area contributed by atoms with Gasteiger partial charge in [0.2, 0.25) is 5.82 Å². The summed E-state index contributed by atoms with van der Waals surface area (Å²) in [7, 11) is 1.58. The van der Waals surface area contributed by atoms with Crippen molar-refractivity contribution in [2.75, 3.05) is 7.11 Å². The van der Waals surface area contributed by atoms with Crippen LogP contribution in [0.25, 0.3) is 34.0 Å². The third-order valence-electron chi connectivity index (χ3n) is 4.23. The van der Waals surface area contributed by atoms with E-state index in [2.05, 4.69) is 10.1 Å². The Morgan fingerprint density at radius 2 is 1.78 bits per heavy atom. The maximum absolute atomic E-state index is 12.7. The first-order valence-corrected chi connectivity index (χ1v) is 7.95. The van der Waals surface area contributed by atoms with Crippen LogP contribution in [0.3, 0.4) is 0 Å². The third kappa shape index (κ3) is 3.03. The molecule has 4 rings (SSSR count). The Bertz CT molecular complexity index is 1110. The number of ether oxygens (including phenoxy) is 1. The number of furan rings is 1. The zero-order valence-electron chi connectivity index (χ0n) is 14.3. The number of aromatic nitrogens is 2. The number of halogens is 3. The highest BCUT2D eigenvalue weighted by Gasteiger charge is 2.30. The quantitative estimate of drug-likeness (QED) is 0.475. The first-order chi connectivity index (χ1) is 12.9. The number of benzene rings is 2. The van der Waals surface area contributed by atoms with E-state index in [1.165, 1.54) is 12.1 Å². The Morgan fingerprint density at radius 1 is 1.04 bits per heavy atom. The molecule has 2 heterocycles. The van der Waals surface area contributed by atoms with Crippen LogP contribution in [-0.4, -0.2) is 17.3 Å². The molecule has 2 aromatic carbocycles.